The highest BCUT2D eigenvalue weighted by Crippen LogP contribution is 2.47. The van der Waals surface area contributed by atoms with Crippen molar-refractivity contribution in [2.75, 3.05) is 0 Å². The molecule has 2 aliphatic carbocycles. The number of aryl methyl sites for hydroxylation is 1. The van der Waals surface area contributed by atoms with Gasteiger partial charge < -0.3 is 33.5 Å². The summed E-state index contributed by atoms with van der Waals surface area (Å²) in [6.07, 6.45) is -5.96. The average molecular weight is 849 g/mol. The largest absolute Gasteiger partial charge is 0.573 e. The van der Waals surface area contributed by atoms with Crippen LogP contribution in [-0.4, -0.2) is 49.0 Å². The molecule has 2 N–H and O–H groups in total. The fourth-order valence-electron chi connectivity index (χ4n) is 6.94. The number of carboxylic acid groups (broad SMARTS) is 1. The van der Waals surface area contributed by atoms with Gasteiger partial charge in [-0.2, -0.15) is 5.10 Å². The molecule has 0 bridgehead atoms. The Balaban J connectivity index is 0.000000205. The van der Waals surface area contributed by atoms with E-state index in [1.165, 1.54) is 41.1 Å². The number of nitrogens with zero attached hydrogens (tertiary/aromatic N) is 4. The molecule has 4 aromatic carbocycles. The predicted molar refractivity (Wildman–Crippen MR) is 205 cm³/mol. The summed E-state index contributed by atoms with van der Waals surface area (Å²) in [6, 6.07) is 24.2. The summed E-state index contributed by atoms with van der Waals surface area (Å²) in [5, 5.41) is 31.4. The molecule has 0 amide bonds. The number of ether oxygens (including phenoxy) is 3. The summed E-state index contributed by atoms with van der Waals surface area (Å²) in [7, 11) is 1.69. The highest BCUT2D eigenvalue weighted by Gasteiger charge is 2.37. The number of halogens is 6. The van der Waals surface area contributed by atoms with Crippen LogP contribution in [0.15, 0.2) is 100 Å². The summed E-state index contributed by atoms with van der Waals surface area (Å²) in [4.78, 5) is 11.5. The Morgan fingerprint density at radius 3 is 1.75 bits per heavy atom. The molecule has 2 aliphatic rings. The minimum atomic E-state index is -4.85. The average Bonchev–Trinajstić information content (AvgIpc) is 4.14. The van der Waals surface area contributed by atoms with Gasteiger partial charge in [0.1, 0.15) is 46.8 Å². The molecule has 7 aromatic rings. The first-order valence-electron chi connectivity index (χ1n) is 18.9. The van der Waals surface area contributed by atoms with Crippen molar-refractivity contribution in [1.82, 2.24) is 20.1 Å². The van der Waals surface area contributed by atoms with Crippen molar-refractivity contribution in [1.29, 1.82) is 0 Å². The van der Waals surface area contributed by atoms with Crippen molar-refractivity contribution < 1.29 is 64.6 Å². The van der Waals surface area contributed by atoms with Gasteiger partial charge in [0.05, 0.1) is 17.7 Å². The van der Waals surface area contributed by atoms with Gasteiger partial charge in [-0.3, -0.25) is 4.68 Å². The molecule has 2 fully saturated rings. The minimum absolute atomic E-state index is 0.000868. The predicted octanol–water partition coefficient (Wildman–Crippen LogP) is 10.6. The fourth-order valence-corrected chi connectivity index (χ4v) is 6.94. The topological polar surface area (TPSA) is 155 Å². The van der Waals surface area contributed by atoms with Crippen molar-refractivity contribution in [3.05, 3.63) is 119 Å². The SMILES string of the molecule is Cn1nc(C(=O)O)c2ccc(-c3ccc(OCc4c(-c5ccccc5OC(F)(F)F)noc4C4CC4)cc3)cc21.OCc1c(-c2ccccc2OC(F)(F)F)noc1C1CC1. The van der Waals surface area contributed by atoms with Crippen molar-refractivity contribution >= 4 is 16.9 Å². The second kappa shape index (κ2) is 16.3. The Hall–Kier alpha value is -6.82. The van der Waals surface area contributed by atoms with Gasteiger partial charge in [0, 0.05) is 41.0 Å². The highest BCUT2D eigenvalue weighted by atomic mass is 19.4. The van der Waals surface area contributed by atoms with E-state index in [-0.39, 0.29) is 64.8 Å². The summed E-state index contributed by atoms with van der Waals surface area (Å²) >= 11 is 0. The van der Waals surface area contributed by atoms with Crippen LogP contribution < -0.4 is 14.2 Å². The first-order valence-corrected chi connectivity index (χ1v) is 18.9. The van der Waals surface area contributed by atoms with E-state index >= 15 is 0 Å². The molecule has 0 aliphatic heterocycles. The van der Waals surface area contributed by atoms with Crippen LogP contribution in [0.4, 0.5) is 26.3 Å². The lowest BCUT2D eigenvalue weighted by Gasteiger charge is -2.13. The quantitative estimate of drug-likeness (QED) is 0.113. The van der Waals surface area contributed by atoms with Crippen molar-refractivity contribution in [2.45, 2.75) is 63.5 Å². The van der Waals surface area contributed by atoms with Crippen LogP contribution in [-0.2, 0) is 20.3 Å². The number of benzene rings is 4. The molecule has 9 rings (SSSR count). The van der Waals surface area contributed by atoms with Gasteiger partial charge in [-0.05, 0) is 85.3 Å². The summed E-state index contributed by atoms with van der Waals surface area (Å²) in [5.41, 5.74) is 4.22. The molecule has 0 saturated heterocycles. The number of para-hydroxylation sites is 2. The van der Waals surface area contributed by atoms with Crippen LogP contribution in [0.3, 0.4) is 0 Å². The maximum Gasteiger partial charge on any atom is 0.573 e. The maximum atomic E-state index is 13.0. The zero-order valence-electron chi connectivity index (χ0n) is 32.0. The van der Waals surface area contributed by atoms with E-state index in [0.29, 0.717) is 39.3 Å². The second-order valence-corrected chi connectivity index (χ2v) is 14.4. The third kappa shape index (κ3) is 9.18. The number of fused-ring (bicyclic) bond motifs is 1. The molecule has 3 aromatic heterocycles. The number of carboxylic acids is 1. The molecule has 0 radical (unpaired) electrons. The number of aromatic carboxylic acids is 1. The zero-order chi connectivity index (χ0) is 43.1. The number of aromatic nitrogens is 4. The molecule has 18 heteroatoms. The third-order valence-electron chi connectivity index (χ3n) is 10.1. The van der Waals surface area contributed by atoms with Crippen LogP contribution in [0.1, 0.15) is 70.7 Å². The fraction of sp³-hybridized carbons (Fsp3) is 0.256. The van der Waals surface area contributed by atoms with Gasteiger partial charge in [-0.1, -0.05) is 52.8 Å². The van der Waals surface area contributed by atoms with E-state index in [4.69, 9.17) is 13.8 Å². The Kier molecular flexibility index (Phi) is 11.0. The maximum absolute atomic E-state index is 13.0. The Morgan fingerprint density at radius 1 is 0.738 bits per heavy atom. The normalized spacial score (nSPS) is 14.1. The highest BCUT2D eigenvalue weighted by molar-refractivity contribution is 6.02. The Morgan fingerprint density at radius 2 is 1.25 bits per heavy atom. The third-order valence-corrected chi connectivity index (χ3v) is 10.1. The molecule has 12 nitrogen and oxygen atoms in total. The molecule has 0 unspecified atom stereocenters. The van der Waals surface area contributed by atoms with E-state index in [9.17, 15) is 41.4 Å². The molecule has 3 heterocycles. The monoisotopic (exact) mass is 848 g/mol. The first-order chi connectivity index (χ1) is 29.2. The second-order valence-electron chi connectivity index (χ2n) is 14.4. The molecule has 61 heavy (non-hydrogen) atoms. The summed E-state index contributed by atoms with van der Waals surface area (Å²) < 4.78 is 103. The lowest BCUT2D eigenvalue weighted by atomic mass is 10.0. The van der Waals surface area contributed by atoms with E-state index in [2.05, 4.69) is 24.9 Å². The standard InChI is InChI=1S/C29H22F3N3O5.C14H12F3NO3/c1-35-23-14-18(10-13-20(23)26(33-35)28(36)37)16-8-11-19(12-9-16)38-15-22-25(34-40-27(22)17-6-7-17)21-4-2-3-5-24(21)39-29(30,31)32;15-14(16,17)20-11-4-2-1-3-9(11)12-10(7-19)13(21-18-12)8-5-6-8/h2-5,8-14,17H,6-7,15H2,1H3,(H,36,37);1-4,8,19H,5-7H2. The summed E-state index contributed by atoms with van der Waals surface area (Å²) in [5.74, 6) is 0.246. The van der Waals surface area contributed by atoms with Crippen LogP contribution >= 0.6 is 0 Å². The Bertz CT molecular complexity index is 2700. The Labute approximate surface area is 341 Å². The zero-order valence-corrected chi connectivity index (χ0v) is 32.0. The smallest absolute Gasteiger partial charge is 0.489 e. The first kappa shape index (κ1) is 40.9. The molecular formula is C43H34F6N4O8. The van der Waals surface area contributed by atoms with Gasteiger partial charge in [-0.25, -0.2) is 4.79 Å². The lowest BCUT2D eigenvalue weighted by molar-refractivity contribution is -0.275. The molecular weight excluding hydrogens is 814 g/mol. The summed E-state index contributed by atoms with van der Waals surface area (Å²) in [6.45, 7) is -0.297. The van der Waals surface area contributed by atoms with Crippen LogP contribution in [0, 0.1) is 0 Å². The van der Waals surface area contributed by atoms with Gasteiger partial charge in [0.15, 0.2) is 5.69 Å². The van der Waals surface area contributed by atoms with Gasteiger partial charge in [0.25, 0.3) is 0 Å². The van der Waals surface area contributed by atoms with E-state index in [0.717, 1.165) is 36.8 Å². The van der Waals surface area contributed by atoms with Crippen molar-refractivity contribution in [3.63, 3.8) is 0 Å². The number of rotatable bonds is 12. The van der Waals surface area contributed by atoms with Gasteiger partial charge in [0.2, 0.25) is 0 Å². The molecule has 316 valence electrons. The van der Waals surface area contributed by atoms with E-state index in [1.54, 1.807) is 37.4 Å². The molecule has 2 saturated carbocycles. The number of alkyl halides is 6. The minimum Gasteiger partial charge on any atom is -0.489 e. The van der Waals surface area contributed by atoms with E-state index < -0.39 is 18.7 Å². The van der Waals surface area contributed by atoms with E-state index in [1.807, 2.05) is 24.3 Å². The molecule has 0 spiro atoms. The van der Waals surface area contributed by atoms with Crippen LogP contribution in [0.25, 0.3) is 44.5 Å². The lowest BCUT2D eigenvalue weighted by Crippen LogP contribution is -2.17. The number of hydrogen-bond donors (Lipinski definition) is 2. The van der Waals surface area contributed by atoms with Crippen molar-refractivity contribution in [2.24, 2.45) is 7.05 Å². The van der Waals surface area contributed by atoms with Gasteiger partial charge >= 0.3 is 18.7 Å². The molecule has 0 atom stereocenters. The number of hydrogen-bond acceptors (Lipinski definition) is 10. The van der Waals surface area contributed by atoms with Crippen LogP contribution in [0.2, 0.25) is 0 Å². The van der Waals surface area contributed by atoms with Crippen molar-refractivity contribution in [3.8, 4) is 50.9 Å². The number of carbonyl (C=O) groups is 1. The number of aliphatic hydroxyl groups is 1. The number of aliphatic hydroxyl groups excluding tert-OH is 1. The van der Waals surface area contributed by atoms with Gasteiger partial charge in [-0.15, -0.1) is 26.3 Å². The van der Waals surface area contributed by atoms with Crippen LogP contribution in [0.5, 0.6) is 17.2 Å².